The summed E-state index contributed by atoms with van der Waals surface area (Å²) in [7, 11) is 0. The van der Waals surface area contributed by atoms with Crippen molar-refractivity contribution in [2.24, 2.45) is 5.14 Å². The quantitative estimate of drug-likeness (QED) is 0.400. The lowest BCUT2D eigenvalue weighted by molar-refractivity contribution is -0.141. The Balaban J connectivity index is 1.99. The number of ether oxygens (including phenoxy) is 1. The van der Waals surface area contributed by atoms with E-state index in [0.29, 0.717) is 11.0 Å². The average Bonchev–Trinajstić information content (AvgIpc) is 2.69. The SMILES string of the molecule is NSc1cccc(NC(=O)c2cc(C(F)(F)F)nnc2Oc2ccc(F)cc2O)c1. The van der Waals surface area contributed by atoms with Gasteiger partial charge in [0.15, 0.2) is 17.2 Å². The van der Waals surface area contributed by atoms with Crippen LogP contribution >= 0.6 is 11.9 Å². The third-order valence-corrected chi connectivity index (χ3v) is 4.18. The van der Waals surface area contributed by atoms with Crippen molar-refractivity contribution in [1.29, 1.82) is 0 Å². The summed E-state index contributed by atoms with van der Waals surface area (Å²) in [4.78, 5) is 13.3. The number of aromatic hydroxyl groups is 1. The van der Waals surface area contributed by atoms with Gasteiger partial charge in [0.25, 0.3) is 11.8 Å². The number of carbonyl (C=O) groups excluding carboxylic acids is 1. The molecule has 4 N–H and O–H groups in total. The van der Waals surface area contributed by atoms with Gasteiger partial charge in [0, 0.05) is 16.6 Å². The summed E-state index contributed by atoms with van der Waals surface area (Å²) in [5, 5.41) is 24.0. The molecule has 0 saturated heterocycles. The van der Waals surface area contributed by atoms with E-state index in [2.05, 4.69) is 15.5 Å². The predicted molar refractivity (Wildman–Crippen MR) is 99.6 cm³/mol. The van der Waals surface area contributed by atoms with Crippen molar-refractivity contribution in [2.45, 2.75) is 11.1 Å². The lowest BCUT2D eigenvalue weighted by Crippen LogP contribution is -2.17. The van der Waals surface area contributed by atoms with Gasteiger partial charge >= 0.3 is 6.18 Å². The van der Waals surface area contributed by atoms with E-state index < -0.39 is 40.8 Å². The van der Waals surface area contributed by atoms with Crippen molar-refractivity contribution < 1.29 is 32.2 Å². The molecule has 2 aromatic carbocycles. The first kappa shape index (κ1) is 21.3. The molecule has 1 aromatic heterocycles. The third kappa shape index (κ3) is 4.96. The van der Waals surface area contributed by atoms with Gasteiger partial charge in [0.1, 0.15) is 11.4 Å². The number of anilines is 1. The molecule has 0 fully saturated rings. The lowest BCUT2D eigenvalue weighted by Gasteiger charge is -2.13. The first-order chi connectivity index (χ1) is 14.2. The van der Waals surface area contributed by atoms with E-state index >= 15 is 0 Å². The number of carbonyl (C=O) groups is 1. The number of alkyl halides is 3. The second kappa shape index (κ2) is 8.55. The van der Waals surface area contributed by atoms with Crippen LogP contribution in [0.5, 0.6) is 17.4 Å². The van der Waals surface area contributed by atoms with Crippen molar-refractivity contribution in [2.75, 3.05) is 5.32 Å². The number of phenols is 1. The molecule has 0 radical (unpaired) electrons. The van der Waals surface area contributed by atoms with Crippen LogP contribution in [0.1, 0.15) is 16.1 Å². The number of halogens is 4. The van der Waals surface area contributed by atoms with Crippen molar-refractivity contribution in [1.82, 2.24) is 10.2 Å². The second-order valence-corrected chi connectivity index (χ2v) is 6.47. The summed E-state index contributed by atoms with van der Waals surface area (Å²) in [6, 6.07) is 9.42. The molecule has 0 aliphatic carbocycles. The molecule has 0 bridgehead atoms. The Morgan fingerprint density at radius 2 is 1.90 bits per heavy atom. The standard InChI is InChI=1S/C18H12F4N4O3S/c19-9-4-5-14(13(27)6-9)29-17-12(8-15(25-26-17)18(20,21)22)16(28)24-10-2-1-3-11(7-10)30-23/h1-8,27H,23H2,(H,24,28). The number of nitrogens with two attached hydrogens (primary N) is 1. The fraction of sp³-hybridized carbons (Fsp3) is 0.0556. The van der Waals surface area contributed by atoms with Crippen LogP contribution in [0.2, 0.25) is 0 Å². The van der Waals surface area contributed by atoms with Crippen molar-refractivity contribution >= 4 is 23.5 Å². The van der Waals surface area contributed by atoms with Gasteiger partial charge < -0.3 is 15.2 Å². The summed E-state index contributed by atoms with van der Waals surface area (Å²) in [5.41, 5.74) is -1.77. The monoisotopic (exact) mass is 440 g/mol. The highest BCUT2D eigenvalue weighted by molar-refractivity contribution is 7.97. The number of hydrogen-bond donors (Lipinski definition) is 3. The number of aromatic nitrogens is 2. The molecule has 0 unspecified atom stereocenters. The van der Waals surface area contributed by atoms with Gasteiger partial charge in [-0.05, 0) is 48.3 Å². The topological polar surface area (TPSA) is 110 Å². The van der Waals surface area contributed by atoms with E-state index in [-0.39, 0.29) is 11.4 Å². The first-order valence-corrected chi connectivity index (χ1v) is 8.95. The number of nitrogens with one attached hydrogen (secondary N) is 1. The molecule has 0 aliphatic rings. The van der Waals surface area contributed by atoms with E-state index in [1.54, 1.807) is 12.1 Å². The Morgan fingerprint density at radius 3 is 2.57 bits per heavy atom. The summed E-state index contributed by atoms with van der Waals surface area (Å²) in [6.45, 7) is 0. The predicted octanol–water partition coefficient (Wildman–Crippen LogP) is 4.35. The molecule has 1 amide bonds. The molecule has 0 atom stereocenters. The summed E-state index contributed by atoms with van der Waals surface area (Å²) in [6.07, 6.45) is -4.87. The van der Waals surface area contributed by atoms with E-state index in [0.717, 1.165) is 30.1 Å². The van der Waals surface area contributed by atoms with Crippen molar-refractivity contribution in [3.8, 4) is 17.4 Å². The normalized spacial score (nSPS) is 11.2. The van der Waals surface area contributed by atoms with Crippen LogP contribution in [-0.4, -0.2) is 21.2 Å². The zero-order valence-corrected chi connectivity index (χ0v) is 15.6. The number of nitrogens with zero attached hydrogens (tertiary/aromatic N) is 2. The number of hydrogen-bond acceptors (Lipinski definition) is 7. The Bertz CT molecular complexity index is 1100. The maximum Gasteiger partial charge on any atom is 0.435 e. The highest BCUT2D eigenvalue weighted by Gasteiger charge is 2.35. The van der Waals surface area contributed by atoms with E-state index in [4.69, 9.17) is 9.88 Å². The summed E-state index contributed by atoms with van der Waals surface area (Å²) < 4.78 is 57.5. The minimum Gasteiger partial charge on any atom is -0.504 e. The van der Waals surface area contributed by atoms with Crippen LogP contribution in [0.4, 0.5) is 23.2 Å². The number of rotatable bonds is 5. The molecule has 156 valence electrons. The fourth-order valence-electron chi connectivity index (χ4n) is 2.28. The third-order valence-electron chi connectivity index (χ3n) is 3.65. The zero-order chi connectivity index (χ0) is 21.9. The minimum absolute atomic E-state index is 0.261. The highest BCUT2D eigenvalue weighted by atomic mass is 32.2. The van der Waals surface area contributed by atoms with Crippen LogP contribution in [0.15, 0.2) is 53.4 Å². The summed E-state index contributed by atoms with van der Waals surface area (Å²) in [5.74, 6) is -3.34. The van der Waals surface area contributed by atoms with Gasteiger partial charge in [-0.3, -0.25) is 9.93 Å². The number of amides is 1. The van der Waals surface area contributed by atoms with Gasteiger partial charge in [0.2, 0.25) is 0 Å². The van der Waals surface area contributed by atoms with Crippen molar-refractivity contribution in [3.05, 3.63) is 65.6 Å². The Morgan fingerprint density at radius 1 is 1.13 bits per heavy atom. The largest absolute Gasteiger partial charge is 0.504 e. The molecule has 0 aliphatic heterocycles. The van der Waals surface area contributed by atoms with E-state index in [1.807, 2.05) is 0 Å². The molecule has 3 rings (SSSR count). The Labute approximate surface area is 171 Å². The van der Waals surface area contributed by atoms with Gasteiger partial charge in [-0.2, -0.15) is 13.2 Å². The first-order valence-electron chi connectivity index (χ1n) is 8.07. The molecular weight excluding hydrogens is 428 g/mol. The van der Waals surface area contributed by atoms with Crippen LogP contribution in [0, 0.1) is 5.82 Å². The van der Waals surface area contributed by atoms with Crippen LogP contribution in [-0.2, 0) is 6.18 Å². The van der Waals surface area contributed by atoms with Gasteiger partial charge in [-0.1, -0.05) is 6.07 Å². The minimum atomic E-state index is -4.87. The van der Waals surface area contributed by atoms with Gasteiger partial charge in [-0.25, -0.2) is 4.39 Å². The fourth-order valence-corrected chi connectivity index (χ4v) is 2.64. The van der Waals surface area contributed by atoms with Gasteiger partial charge in [-0.15, -0.1) is 10.2 Å². The molecule has 7 nitrogen and oxygen atoms in total. The smallest absolute Gasteiger partial charge is 0.435 e. The zero-order valence-electron chi connectivity index (χ0n) is 14.8. The number of phenolic OH excluding ortho intramolecular Hbond substituents is 1. The van der Waals surface area contributed by atoms with Crippen LogP contribution < -0.4 is 15.2 Å². The van der Waals surface area contributed by atoms with Gasteiger partial charge in [0.05, 0.1) is 0 Å². The molecule has 3 aromatic rings. The van der Waals surface area contributed by atoms with Crippen LogP contribution in [0.25, 0.3) is 0 Å². The van der Waals surface area contributed by atoms with E-state index in [1.165, 1.54) is 12.1 Å². The summed E-state index contributed by atoms with van der Waals surface area (Å²) >= 11 is 0.914. The average molecular weight is 440 g/mol. The molecule has 12 heteroatoms. The lowest BCUT2D eigenvalue weighted by atomic mass is 10.2. The highest BCUT2D eigenvalue weighted by Crippen LogP contribution is 2.34. The van der Waals surface area contributed by atoms with E-state index in [9.17, 15) is 27.5 Å². The van der Waals surface area contributed by atoms with Crippen LogP contribution in [0.3, 0.4) is 0 Å². The molecule has 30 heavy (non-hydrogen) atoms. The van der Waals surface area contributed by atoms with Crippen molar-refractivity contribution in [3.63, 3.8) is 0 Å². The molecule has 0 spiro atoms. The Hall–Kier alpha value is -3.38. The Kier molecular flexibility index (Phi) is 6.08. The second-order valence-electron chi connectivity index (χ2n) is 5.76. The molecule has 1 heterocycles. The number of benzene rings is 2. The molecule has 0 saturated carbocycles. The molecular formula is C18H12F4N4O3S. The maximum absolute atomic E-state index is 13.1. The maximum atomic E-state index is 13.1.